The van der Waals surface area contributed by atoms with Gasteiger partial charge in [-0.2, -0.15) is 5.10 Å². The zero-order valence-electron chi connectivity index (χ0n) is 19.8. The van der Waals surface area contributed by atoms with Crippen LogP contribution >= 0.6 is 0 Å². The lowest BCUT2D eigenvalue weighted by atomic mass is 9.83. The quantitative estimate of drug-likeness (QED) is 0.663. The SMILES string of the molecule is CN[C@@H](C)C(=O)NC(C(=O)N1CCN(C(=O)c2ccn3nccc3c2F)CC1)C1CCCCC1. The Morgan fingerprint density at radius 3 is 2.41 bits per heavy atom. The Bertz CT molecular complexity index is 1040. The number of nitrogens with zero attached hydrogens (tertiary/aromatic N) is 4. The molecule has 0 radical (unpaired) electrons. The van der Waals surface area contributed by atoms with E-state index in [2.05, 4.69) is 15.7 Å². The van der Waals surface area contributed by atoms with Gasteiger partial charge in [0.05, 0.1) is 17.8 Å². The highest BCUT2D eigenvalue weighted by atomic mass is 19.1. The first kappa shape index (κ1) is 24.1. The zero-order valence-corrected chi connectivity index (χ0v) is 19.8. The van der Waals surface area contributed by atoms with Gasteiger partial charge in [0.25, 0.3) is 5.91 Å². The minimum absolute atomic E-state index is 0.00109. The van der Waals surface area contributed by atoms with Gasteiger partial charge in [-0.15, -0.1) is 0 Å². The number of halogens is 1. The molecule has 1 saturated heterocycles. The van der Waals surface area contributed by atoms with Crippen LogP contribution in [-0.4, -0.2) is 82.4 Å². The van der Waals surface area contributed by atoms with Crippen LogP contribution in [0.3, 0.4) is 0 Å². The minimum atomic E-state index is -0.595. The van der Waals surface area contributed by atoms with Gasteiger partial charge in [0.2, 0.25) is 11.8 Å². The Balaban J connectivity index is 1.42. The predicted molar refractivity (Wildman–Crippen MR) is 125 cm³/mol. The Morgan fingerprint density at radius 1 is 1.06 bits per heavy atom. The van der Waals surface area contributed by atoms with Crippen LogP contribution in [0.25, 0.3) is 5.52 Å². The highest BCUT2D eigenvalue weighted by Gasteiger charge is 2.36. The molecule has 0 spiro atoms. The molecule has 0 aromatic carbocycles. The van der Waals surface area contributed by atoms with E-state index in [4.69, 9.17) is 0 Å². The van der Waals surface area contributed by atoms with E-state index in [1.54, 1.807) is 30.0 Å². The van der Waals surface area contributed by atoms with Crippen molar-refractivity contribution in [3.63, 3.8) is 0 Å². The normalized spacial score (nSPS) is 19.1. The zero-order chi connectivity index (χ0) is 24.2. The molecule has 34 heavy (non-hydrogen) atoms. The second-order valence-electron chi connectivity index (χ2n) is 9.22. The second kappa shape index (κ2) is 10.5. The van der Waals surface area contributed by atoms with Crippen molar-refractivity contribution in [1.29, 1.82) is 0 Å². The number of amides is 3. The van der Waals surface area contributed by atoms with Crippen LogP contribution in [0, 0.1) is 11.7 Å². The van der Waals surface area contributed by atoms with Crippen LogP contribution in [-0.2, 0) is 9.59 Å². The van der Waals surface area contributed by atoms with Crippen molar-refractivity contribution in [3.8, 4) is 0 Å². The molecule has 1 unspecified atom stereocenters. The predicted octanol–water partition coefficient (Wildman–Crippen LogP) is 1.43. The summed E-state index contributed by atoms with van der Waals surface area (Å²) in [6.07, 6.45) is 8.15. The second-order valence-corrected chi connectivity index (χ2v) is 9.22. The van der Waals surface area contributed by atoms with Gasteiger partial charge in [-0.25, -0.2) is 8.91 Å². The fourth-order valence-corrected chi connectivity index (χ4v) is 4.88. The summed E-state index contributed by atoms with van der Waals surface area (Å²) in [5.74, 6) is -1.16. The van der Waals surface area contributed by atoms with Crippen LogP contribution in [0.2, 0.25) is 0 Å². The molecule has 9 nitrogen and oxygen atoms in total. The van der Waals surface area contributed by atoms with Gasteiger partial charge in [0.1, 0.15) is 11.6 Å². The number of carbonyl (C=O) groups excluding carboxylic acids is 3. The average Bonchev–Trinajstić information content (AvgIpc) is 3.36. The Hall–Kier alpha value is -3.01. The number of piperazine rings is 1. The van der Waals surface area contributed by atoms with Crippen molar-refractivity contribution >= 4 is 23.2 Å². The smallest absolute Gasteiger partial charge is 0.257 e. The maximum atomic E-state index is 14.8. The number of fused-ring (bicyclic) bond motifs is 1. The van der Waals surface area contributed by atoms with Crippen LogP contribution in [0.5, 0.6) is 0 Å². The first-order chi connectivity index (χ1) is 16.4. The monoisotopic (exact) mass is 472 g/mol. The standard InChI is InChI=1S/C24H33FN6O3/c1-16(26-2)22(32)28-21(17-6-4-3-5-7-17)24(34)30-14-12-29(13-15-30)23(33)18-9-11-31-19(20(18)25)8-10-27-31/h8-11,16-17,21,26H,3-7,12-15H2,1-2H3,(H,28,32)/t16-,21?/m0/s1. The van der Waals surface area contributed by atoms with Gasteiger partial charge < -0.3 is 20.4 Å². The summed E-state index contributed by atoms with van der Waals surface area (Å²) >= 11 is 0. The number of pyridine rings is 1. The van der Waals surface area contributed by atoms with E-state index in [0.717, 1.165) is 32.1 Å². The van der Waals surface area contributed by atoms with E-state index in [0.29, 0.717) is 26.2 Å². The van der Waals surface area contributed by atoms with Gasteiger partial charge >= 0.3 is 0 Å². The molecule has 2 fully saturated rings. The molecule has 184 valence electrons. The summed E-state index contributed by atoms with van der Waals surface area (Å²) in [5.41, 5.74) is 0.253. The van der Waals surface area contributed by atoms with E-state index in [1.807, 2.05) is 0 Å². The highest BCUT2D eigenvalue weighted by Crippen LogP contribution is 2.28. The summed E-state index contributed by atoms with van der Waals surface area (Å²) in [5, 5.41) is 9.89. The molecule has 1 aliphatic heterocycles. The number of hydrogen-bond acceptors (Lipinski definition) is 5. The molecule has 3 amide bonds. The minimum Gasteiger partial charge on any atom is -0.343 e. The van der Waals surface area contributed by atoms with Gasteiger partial charge in [-0.3, -0.25) is 14.4 Å². The fourth-order valence-electron chi connectivity index (χ4n) is 4.88. The fraction of sp³-hybridized carbons (Fsp3) is 0.583. The Kier molecular flexibility index (Phi) is 7.45. The molecule has 2 N–H and O–H groups in total. The Morgan fingerprint density at radius 2 is 1.74 bits per heavy atom. The molecule has 4 rings (SSSR count). The van der Waals surface area contributed by atoms with E-state index in [1.165, 1.54) is 22.8 Å². The average molecular weight is 473 g/mol. The number of likely N-dealkylation sites (N-methyl/N-ethyl adjacent to an activating group) is 1. The first-order valence-corrected chi connectivity index (χ1v) is 12.1. The van der Waals surface area contributed by atoms with Gasteiger partial charge in [-0.1, -0.05) is 19.3 Å². The first-order valence-electron chi connectivity index (χ1n) is 12.1. The van der Waals surface area contributed by atoms with Crippen molar-refractivity contribution in [2.75, 3.05) is 33.2 Å². The van der Waals surface area contributed by atoms with Crippen LogP contribution in [0.1, 0.15) is 49.4 Å². The third-order valence-corrected chi connectivity index (χ3v) is 7.13. The van der Waals surface area contributed by atoms with E-state index in [9.17, 15) is 18.8 Å². The Labute approximate surface area is 198 Å². The van der Waals surface area contributed by atoms with E-state index < -0.39 is 23.8 Å². The molecule has 1 aliphatic carbocycles. The third-order valence-electron chi connectivity index (χ3n) is 7.13. The third kappa shape index (κ3) is 4.91. The molecule has 3 heterocycles. The maximum Gasteiger partial charge on any atom is 0.257 e. The highest BCUT2D eigenvalue weighted by molar-refractivity contribution is 5.96. The molecule has 0 bridgehead atoms. The van der Waals surface area contributed by atoms with E-state index >= 15 is 0 Å². The van der Waals surface area contributed by atoms with Crippen molar-refractivity contribution < 1.29 is 18.8 Å². The summed E-state index contributed by atoms with van der Waals surface area (Å²) in [7, 11) is 1.71. The molecule has 10 heteroatoms. The van der Waals surface area contributed by atoms with Crippen molar-refractivity contribution in [2.45, 2.75) is 51.1 Å². The molecule has 2 aliphatic rings. The van der Waals surface area contributed by atoms with Gasteiger partial charge in [0.15, 0.2) is 5.82 Å². The summed E-state index contributed by atoms with van der Waals surface area (Å²) in [4.78, 5) is 42.3. The lowest BCUT2D eigenvalue weighted by molar-refractivity contribution is -0.140. The van der Waals surface area contributed by atoms with E-state index in [-0.39, 0.29) is 28.8 Å². The number of rotatable bonds is 6. The van der Waals surface area contributed by atoms with Crippen LogP contribution < -0.4 is 10.6 Å². The summed E-state index contributed by atoms with van der Waals surface area (Å²) in [6.45, 7) is 3.09. The van der Waals surface area contributed by atoms with Crippen LogP contribution in [0.15, 0.2) is 24.5 Å². The number of aromatic nitrogens is 2. The molecule has 2 atom stereocenters. The van der Waals surface area contributed by atoms with Gasteiger partial charge in [-0.05, 0) is 44.9 Å². The summed E-state index contributed by atoms with van der Waals surface area (Å²) < 4.78 is 16.2. The van der Waals surface area contributed by atoms with Crippen LogP contribution in [0.4, 0.5) is 4.39 Å². The summed E-state index contributed by atoms with van der Waals surface area (Å²) in [6, 6.07) is 2.01. The van der Waals surface area contributed by atoms with Gasteiger partial charge in [0, 0.05) is 32.4 Å². The number of hydrogen-bond donors (Lipinski definition) is 2. The molecular weight excluding hydrogens is 439 g/mol. The topological polar surface area (TPSA) is 99.0 Å². The molecule has 1 saturated carbocycles. The van der Waals surface area contributed by atoms with Crippen molar-refractivity contribution in [2.24, 2.45) is 5.92 Å². The largest absolute Gasteiger partial charge is 0.343 e. The molecule has 2 aromatic rings. The molecular formula is C24H33FN6O3. The number of carbonyl (C=O) groups is 3. The number of nitrogens with one attached hydrogen (secondary N) is 2. The van der Waals surface area contributed by atoms with Crippen molar-refractivity contribution in [3.05, 3.63) is 35.9 Å². The molecule has 2 aromatic heterocycles. The lowest BCUT2D eigenvalue weighted by Crippen LogP contribution is -2.59. The van der Waals surface area contributed by atoms with Crippen molar-refractivity contribution in [1.82, 2.24) is 30.0 Å². The maximum absolute atomic E-state index is 14.8. The lowest BCUT2D eigenvalue weighted by Gasteiger charge is -2.39.